The molecule has 0 aliphatic rings. The van der Waals surface area contributed by atoms with E-state index in [1.165, 1.54) is 18.9 Å². The van der Waals surface area contributed by atoms with Gasteiger partial charge in [0, 0.05) is 0 Å². The van der Waals surface area contributed by atoms with E-state index < -0.39 is 3.79 Å². The Balaban J connectivity index is 3.47. The number of nitrogens with zero attached hydrogens (tertiary/aromatic N) is 1. The van der Waals surface area contributed by atoms with E-state index in [1.54, 1.807) is 6.26 Å². The fourth-order valence-corrected chi connectivity index (χ4v) is 2.46. The molecule has 0 fully saturated rings. The normalized spacial score (nSPS) is 11.3. The Kier molecular flexibility index (Phi) is 6.58. The number of methoxy groups -OCH3 is 1. The highest BCUT2D eigenvalue weighted by molar-refractivity contribution is 8.22. The van der Waals surface area contributed by atoms with Gasteiger partial charge in [0.25, 0.3) is 0 Å². The van der Waals surface area contributed by atoms with E-state index in [4.69, 9.17) is 79.7 Å². The summed E-state index contributed by atoms with van der Waals surface area (Å²) in [5.74, 6) is 0.0575. The maximum atomic E-state index is 6.08. The maximum Gasteiger partial charge on any atom is 0.236 e. The van der Waals surface area contributed by atoms with E-state index in [0.717, 1.165) is 0 Å². The van der Waals surface area contributed by atoms with Crippen molar-refractivity contribution >= 4 is 86.4 Å². The van der Waals surface area contributed by atoms with Crippen molar-refractivity contribution in [1.29, 1.82) is 0 Å². The molecule has 3 nitrogen and oxygen atoms in total. The lowest BCUT2D eigenvalue weighted by Crippen LogP contribution is -2.10. The van der Waals surface area contributed by atoms with Crippen molar-refractivity contribution in [3.63, 3.8) is 0 Å². The number of aromatic nitrogens is 1. The second-order valence-corrected chi connectivity index (χ2v) is 7.43. The van der Waals surface area contributed by atoms with Gasteiger partial charge in [0.15, 0.2) is 5.75 Å². The number of alkyl halides is 3. The van der Waals surface area contributed by atoms with Crippen LogP contribution >= 0.6 is 82.0 Å². The minimum atomic E-state index is -1.85. The largest absolute Gasteiger partial charge is 0.480 e. The van der Waals surface area contributed by atoms with Gasteiger partial charge in [-0.2, -0.15) is 0 Å². The summed E-state index contributed by atoms with van der Waals surface area (Å²) >= 11 is 35.6. The summed E-state index contributed by atoms with van der Waals surface area (Å²) < 4.78 is 8.67. The van der Waals surface area contributed by atoms with Gasteiger partial charge in [0.2, 0.25) is 14.1 Å². The summed E-state index contributed by atoms with van der Waals surface area (Å²) in [4.78, 5) is 3.94. The molecule has 0 amide bonds. The second kappa shape index (κ2) is 7.07. The van der Waals surface area contributed by atoms with Crippen molar-refractivity contribution < 1.29 is 9.47 Å². The maximum absolute atomic E-state index is 6.08. The standard InChI is InChI=1S/C9H6Cl5NO2S2/c1-16-7-4(11)5(17-8(18)19-2)3(10)6(15-7)9(12,13)14/h1-2H3. The van der Waals surface area contributed by atoms with Crippen molar-refractivity contribution in [1.82, 2.24) is 4.98 Å². The molecule has 106 valence electrons. The first-order valence-corrected chi connectivity index (χ1v) is 8.00. The van der Waals surface area contributed by atoms with Crippen LogP contribution in [0.3, 0.4) is 0 Å². The molecule has 19 heavy (non-hydrogen) atoms. The first kappa shape index (κ1) is 17.7. The van der Waals surface area contributed by atoms with E-state index in [9.17, 15) is 0 Å². The zero-order valence-electron chi connectivity index (χ0n) is 9.47. The monoisotopic (exact) mass is 399 g/mol. The predicted molar refractivity (Wildman–Crippen MR) is 86.8 cm³/mol. The van der Waals surface area contributed by atoms with Gasteiger partial charge >= 0.3 is 0 Å². The van der Waals surface area contributed by atoms with Gasteiger partial charge in [-0.3, -0.25) is 0 Å². The lowest BCUT2D eigenvalue weighted by atomic mass is 10.3. The molecular weight excluding hydrogens is 396 g/mol. The first-order chi connectivity index (χ1) is 8.72. The Morgan fingerprint density at radius 2 is 1.84 bits per heavy atom. The highest BCUT2D eigenvalue weighted by Gasteiger charge is 2.33. The molecule has 0 aliphatic carbocycles. The van der Waals surface area contributed by atoms with Crippen LogP contribution in [0.2, 0.25) is 10.0 Å². The average molecular weight is 402 g/mol. The third-order valence-electron chi connectivity index (χ3n) is 1.82. The van der Waals surface area contributed by atoms with Crippen molar-refractivity contribution in [2.75, 3.05) is 13.4 Å². The number of thioether (sulfide) groups is 1. The van der Waals surface area contributed by atoms with Gasteiger partial charge in [-0.1, -0.05) is 69.8 Å². The van der Waals surface area contributed by atoms with Crippen LogP contribution in [-0.2, 0) is 3.79 Å². The lowest BCUT2D eigenvalue weighted by Gasteiger charge is -2.18. The van der Waals surface area contributed by atoms with Gasteiger partial charge in [-0.25, -0.2) is 4.98 Å². The number of hydrogen-bond acceptors (Lipinski definition) is 5. The summed E-state index contributed by atoms with van der Waals surface area (Å²) in [7, 11) is 1.36. The van der Waals surface area contributed by atoms with Crippen molar-refractivity contribution in [3.8, 4) is 11.6 Å². The molecule has 0 saturated carbocycles. The molecule has 0 aliphatic heterocycles. The molecule has 1 rings (SSSR count). The summed E-state index contributed by atoms with van der Waals surface area (Å²) in [5, 5.41) is 0.00380. The number of hydrogen-bond donors (Lipinski definition) is 0. The van der Waals surface area contributed by atoms with Crippen LogP contribution in [0.1, 0.15) is 5.69 Å². The predicted octanol–water partition coefficient (Wildman–Crippen LogP) is 5.25. The Bertz CT molecular complexity index is 506. The van der Waals surface area contributed by atoms with E-state index >= 15 is 0 Å². The molecule has 0 bridgehead atoms. The third-order valence-corrected chi connectivity index (χ3v) is 4.04. The lowest BCUT2D eigenvalue weighted by molar-refractivity contribution is 0.394. The smallest absolute Gasteiger partial charge is 0.236 e. The summed E-state index contributed by atoms with van der Waals surface area (Å²) in [6.07, 6.45) is 1.73. The second-order valence-electron chi connectivity index (χ2n) is 2.98. The zero-order chi connectivity index (χ0) is 14.8. The Labute approximate surface area is 144 Å². The van der Waals surface area contributed by atoms with E-state index in [1.807, 2.05) is 0 Å². The molecule has 0 spiro atoms. The number of pyridine rings is 1. The van der Waals surface area contributed by atoms with Gasteiger partial charge in [-0.15, -0.1) is 0 Å². The third kappa shape index (κ3) is 4.30. The summed E-state index contributed by atoms with van der Waals surface area (Å²) in [5.41, 5.74) is -0.0562. The van der Waals surface area contributed by atoms with Crippen LogP contribution in [0.15, 0.2) is 0 Å². The van der Waals surface area contributed by atoms with Crippen LogP contribution in [0, 0.1) is 0 Å². The van der Waals surface area contributed by atoms with Crippen LogP contribution < -0.4 is 9.47 Å². The highest BCUT2D eigenvalue weighted by atomic mass is 35.6. The van der Waals surface area contributed by atoms with E-state index in [-0.39, 0.29) is 31.8 Å². The number of halogens is 5. The molecule has 0 atom stereocenters. The van der Waals surface area contributed by atoms with E-state index in [2.05, 4.69) is 4.98 Å². The van der Waals surface area contributed by atoms with Gasteiger partial charge in [0.05, 0.1) is 7.11 Å². The molecular formula is C9H6Cl5NO2S2. The quantitative estimate of drug-likeness (QED) is 0.499. The fourth-order valence-electron chi connectivity index (χ4n) is 1.04. The molecule has 1 aromatic rings. The molecule has 0 saturated heterocycles. The Hall–Kier alpha value is 0.640. The molecule has 1 aromatic heterocycles. The van der Waals surface area contributed by atoms with Gasteiger partial charge in [0.1, 0.15) is 15.7 Å². The minimum absolute atomic E-state index is 0.0197. The zero-order valence-corrected chi connectivity index (χ0v) is 14.9. The van der Waals surface area contributed by atoms with Crippen LogP contribution in [0.4, 0.5) is 0 Å². The summed E-state index contributed by atoms with van der Waals surface area (Å²) in [6.45, 7) is 0. The molecule has 10 heteroatoms. The van der Waals surface area contributed by atoms with Crippen molar-refractivity contribution in [3.05, 3.63) is 15.7 Å². The first-order valence-electron chi connectivity index (χ1n) is 4.48. The molecule has 0 aromatic carbocycles. The number of rotatable bonds is 2. The number of thiocarbonyl (C=S) groups is 1. The van der Waals surface area contributed by atoms with Gasteiger partial charge in [-0.05, 0) is 18.5 Å². The fraction of sp³-hybridized carbons (Fsp3) is 0.333. The SMILES string of the molecule is COc1nc(C(Cl)(Cl)Cl)c(Cl)c(OC(=S)SC)c1Cl. The molecule has 0 radical (unpaired) electrons. The highest BCUT2D eigenvalue weighted by Crippen LogP contribution is 2.48. The van der Waals surface area contributed by atoms with Crippen LogP contribution in [-0.4, -0.2) is 22.7 Å². The van der Waals surface area contributed by atoms with Gasteiger partial charge < -0.3 is 9.47 Å². The van der Waals surface area contributed by atoms with Crippen LogP contribution in [0.5, 0.6) is 11.6 Å². The molecule has 1 heterocycles. The Morgan fingerprint density at radius 3 is 2.26 bits per heavy atom. The minimum Gasteiger partial charge on any atom is -0.480 e. The topological polar surface area (TPSA) is 31.4 Å². The Morgan fingerprint density at radius 1 is 1.26 bits per heavy atom. The van der Waals surface area contributed by atoms with E-state index in [0.29, 0.717) is 0 Å². The number of ether oxygens (including phenoxy) is 2. The molecule has 0 N–H and O–H groups in total. The van der Waals surface area contributed by atoms with Crippen molar-refractivity contribution in [2.24, 2.45) is 0 Å². The average Bonchev–Trinajstić information content (AvgIpc) is 2.32. The van der Waals surface area contributed by atoms with Crippen LogP contribution in [0.25, 0.3) is 0 Å². The molecule has 0 unspecified atom stereocenters. The van der Waals surface area contributed by atoms with Crippen molar-refractivity contribution in [2.45, 2.75) is 3.79 Å². The summed E-state index contributed by atoms with van der Waals surface area (Å²) in [6, 6.07) is 0.